The van der Waals surface area contributed by atoms with Gasteiger partial charge in [-0.25, -0.2) is 9.07 Å². The van der Waals surface area contributed by atoms with Crippen LogP contribution in [0.2, 0.25) is 5.02 Å². The highest BCUT2D eigenvalue weighted by Crippen LogP contribution is 2.46. The van der Waals surface area contributed by atoms with Crippen LogP contribution in [0.25, 0.3) is 0 Å². The van der Waals surface area contributed by atoms with Crippen LogP contribution in [0.5, 0.6) is 0 Å². The van der Waals surface area contributed by atoms with Crippen LogP contribution in [0.3, 0.4) is 0 Å². The van der Waals surface area contributed by atoms with Gasteiger partial charge in [0.05, 0.1) is 5.75 Å². The predicted octanol–water partition coefficient (Wildman–Crippen LogP) is 5.70. The Kier molecular flexibility index (Phi) is 5.81. The first-order valence-corrected chi connectivity index (χ1v) is 12.2. The second kappa shape index (κ2) is 8.67. The summed E-state index contributed by atoms with van der Waals surface area (Å²) >= 11 is 7.75. The van der Waals surface area contributed by atoms with Crippen molar-refractivity contribution in [2.45, 2.75) is 37.9 Å². The third-order valence-electron chi connectivity index (χ3n) is 6.01. The third kappa shape index (κ3) is 4.28. The molecule has 1 aliphatic carbocycles. The quantitative estimate of drug-likeness (QED) is 0.360. The standard InChI is InChI=1S/C25H22ClFN4O2S/c1-25(2)11-18-21(19(32)12-25)22(16-5-3-4-6-17(16)26)31-23(28-18)29-24(30-31)34-13-20(33)14-7-9-15(27)10-8-14/h3-10,22H,11-13H2,1-2H3,(H,28,29,30)/t22-/m1/s1. The number of halogens is 2. The Balaban J connectivity index is 1.48. The van der Waals surface area contributed by atoms with Crippen LogP contribution in [-0.2, 0) is 4.79 Å². The number of hydrogen-bond donors (Lipinski definition) is 1. The van der Waals surface area contributed by atoms with E-state index < -0.39 is 11.9 Å². The number of hydrogen-bond acceptors (Lipinski definition) is 6. The van der Waals surface area contributed by atoms with E-state index in [1.54, 1.807) is 10.7 Å². The lowest BCUT2D eigenvalue weighted by Gasteiger charge is -2.38. The Morgan fingerprint density at radius 3 is 2.68 bits per heavy atom. The molecule has 0 amide bonds. The highest BCUT2D eigenvalue weighted by molar-refractivity contribution is 7.99. The van der Waals surface area contributed by atoms with Gasteiger partial charge in [-0.1, -0.05) is 55.4 Å². The Morgan fingerprint density at radius 1 is 1.21 bits per heavy atom. The number of carbonyl (C=O) groups excluding carboxylic acids is 2. The monoisotopic (exact) mass is 496 g/mol. The molecule has 174 valence electrons. The number of thioether (sulfide) groups is 1. The average molecular weight is 497 g/mol. The summed E-state index contributed by atoms with van der Waals surface area (Å²) in [5, 5.41) is 8.90. The molecular formula is C25H22ClFN4O2S. The van der Waals surface area contributed by atoms with Gasteiger partial charge in [0.1, 0.15) is 11.9 Å². The van der Waals surface area contributed by atoms with Gasteiger partial charge in [0, 0.05) is 33.8 Å². The minimum absolute atomic E-state index is 0.0607. The number of nitrogens with one attached hydrogen (secondary N) is 1. The first-order valence-electron chi connectivity index (χ1n) is 10.9. The summed E-state index contributed by atoms with van der Waals surface area (Å²) in [6.45, 7) is 4.14. The van der Waals surface area contributed by atoms with Crippen molar-refractivity contribution in [3.8, 4) is 0 Å². The molecule has 0 radical (unpaired) electrons. The first-order chi connectivity index (χ1) is 16.2. The van der Waals surface area contributed by atoms with Crippen molar-refractivity contribution in [3.63, 3.8) is 0 Å². The highest BCUT2D eigenvalue weighted by atomic mass is 35.5. The van der Waals surface area contributed by atoms with E-state index in [9.17, 15) is 14.0 Å². The number of rotatable bonds is 5. The van der Waals surface area contributed by atoms with E-state index in [0.29, 0.717) is 40.1 Å². The fourth-order valence-corrected chi connectivity index (χ4v) is 5.45. The summed E-state index contributed by atoms with van der Waals surface area (Å²) < 4.78 is 14.8. The number of ketones is 2. The fraction of sp³-hybridized carbons (Fsp3) is 0.280. The molecule has 0 unspecified atom stereocenters. The van der Waals surface area contributed by atoms with Crippen molar-refractivity contribution >= 4 is 40.9 Å². The van der Waals surface area contributed by atoms with Gasteiger partial charge in [-0.05, 0) is 42.2 Å². The normalized spacial score (nSPS) is 18.8. The van der Waals surface area contributed by atoms with E-state index in [1.807, 2.05) is 18.2 Å². The summed E-state index contributed by atoms with van der Waals surface area (Å²) in [5.41, 5.74) is 2.52. The molecule has 34 heavy (non-hydrogen) atoms. The molecule has 1 aliphatic heterocycles. The molecule has 1 N–H and O–H groups in total. The van der Waals surface area contributed by atoms with Gasteiger partial charge in [0.15, 0.2) is 11.6 Å². The number of benzene rings is 2. The van der Waals surface area contributed by atoms with Gasteiger partial charge in [-0.3, -0.25) is 9.59 Å². The van der Waals surface area contributed by atoms with Crippen LogP contribution in [0.4, 0.5) is 10.3 Å². The van der Waals surface area contributed by atoms with Crippen molar-refractivity contribution in [1.29, 1.82) is 0 Å². The third-order valence-corrected chi connectivity index (χ3v) is 7.19. The van der Waals surface area contributed by atoms with E-state index in [0.717, 1.165) is 11.3 Å². The minimum atomic E-state index is -0.502. The molecular weight excluding hydrogens is 475 g/mol. The van der Waals surface area contributed by atoms with E-state index in [4.69, 9.17) is 11.6 Å². The fourth-order valence-electron chi connectivity index (χ4n) is 4.48. The Morgan fingerprint density at radius 2 is 1.94 bits per heavy atom. The first kappa shape index (κ1) is 22.8. The number of carbonyl (C=O) groups is 2. The number of Topliss-reactive ketones (excluding diaryl/α,β-unsaturated/α-hetero) is 2. The zero-order valence-electron chi connectivity index (χ0n) is 18.6. The summed E-state index contributed by atoms with van der Waals surface area (Å²) in [5.74, 6) is 0.128. The molecule has 1 atom stereocenters. The predicted molar refractivity (Wildman–Crippen MR) is 130 cm³/mol. The Hall–Kier alpha value is -2.97. The summed E-state index contributed by atoms with van der Waals surface area (Å²) in [6, 6.07) is 12.4. The zero-order chi connectivity index (χ0) is 24.0. The van der Waals surface area contributed by atoms with Crippen LogP contribution < -0.4 is 5.32 Å². The van der Waals surface area contributed by atoms with Crippen LogP contribution in [0, 0.1) is 11.2 Å². The number of nitrogens with zero attached hydrogens (tertiary/aromatic N) is 3. The summed E-state index contributed by atoms with van der Waals surface area (Å²) in [4.78, 5) is 30.4. The molecule has 2 aromatic carbocycles. The number of allylic oxidation sites excluding steroid dienone is 2. The molecule has 5 rings (SSSR count). The SMILES string of the molecule is CC1(C)CC(=O)C2=C(C1)Nc1nc(SCC(=O)c3ccc(F)cc3)nn1[C@@H]2c1ccccc1Cl. The number of aromatic nitrogens is 3. The van der Waals surface area contributed by atoms with Crippen molar-refractivity contribution in [1.82, 2.24) is 14.8 Å². The van der Waals surface area contributed by atoms with Crippen LogP contribution in [0.15, 0.2) is 65.0 Å². The summed E-state index contributed by atoms with van der Waals surface area (Å²) in [6.07, 6.45) is 1.14. The molecule has 0 spiro atoms. The Bertz CT molecular complexity index is 1330. The maximum absolute atomic E-state index is 13.3. The highest BCUT2D eigenvalue weighted by Gasteiger charge is 2.42. The largest absolute Gasteiger partial charge is 0.328 e. The lowest BCUT2D eigenvalue weighted by Crippen LogP contribution is -2.36. The zero-order valence-corrected chi connectivity index (χ0v) is 20.2. The maximum Gasteiger partial charge on any atom is 0.227 e. The molecule has 1 aromatic heterocycles. The molecule has 0 bridgehead atoms. The lowest BCUT2D eigenvalue weighted by atomic mass is 9.73. The van der Waals surface area contributed by atoms with Gasteiger partial charge >= 0.3 is 0 Å². The van der Waals surface area contributed by atoms with Gasteiger partial charge in [-0.15, -0.1) is 5.10 Å². The molecule has 9 heteroatoms. The maximum atomic E-state index is 13.3. The van der Waals surface area contributed by atoms with E-state index in [-0.39, 0.29) is 22.7 Å². The van der Waals surface area contributed by atoms with Gasteiger partial charge < -0.3 is 5.32 Å². The van der Waals surface area contributed by atoms with Gasteiger partial charge in [0.2, 0.25) is 11.1 Å². The second-order valence-electron chi connectivity index (χ2n) is 9.26. The average Bonchev–Trinajstić information content (AvgIpc) is 3.19. The molecule has 0 saturated carbocycles. The number of anilines is 1. The summed E-state index contributed by atoms with van der Waals surface area (Å²) in [7, 11) is 0. The minimum Gasteiger partial charge on any atom is -0.328 e. The van der Waals surface area contributed by atoms with Crippen LogP contribution in [-0.4, -0.2) is 32.1 Å². The smallest absolute Gasteiger partial charge is 0.227 e. The van der Waals surface area contributed by atoms with E-state index in [2.05, 4.69) is 29.2 Å². The van der Waals surface area contributed by atoms with Crippen molar-refractivity contribution in [2.24, 2.45) is 5.41 Å². The second-order valence-corrected chi connectivity index (χ2v) is 10.6. The molecule has 0 saturated heterocycles. The van der Waals surface area contributed by atoms with Crippen molar-refractivity contribution in [2.75, 3.05) is 11.1 Å². The lowest BCUT2D eigenvalue weighted by molar-refractivity contribution is -0.118. The molecule has 2 aliphatic rings. The Labute approximate surface area is 205 Å². The van der Waals surface area contributed by atoms with Crippen molar-refractivity contribution < 1.29 is 14.0 Å². The van der Waals surface area contributed by atoms with Crippen LogP contribution in [0.1, 0.15) is 48.7 Å². The molecule has 6 nitrogen and oxygen atoms in total. The molecule has 2 heterocycles. The number of fused-ring (bicyclic) bond motifs is 1. The van der Waals surface area contributed by atoms with Gasteiger partial charge in [-0.2, -0.15) is 4.98 Å². The molecule has 0 fully saturated rings. The topological polar surface area (TPSA) is 76.9 Å². The molecule has 3 aromatic rings. The van der Waals surface area contributed by atoms with Crippen LogP contribution >= 0.6 is 23.4 Å². The van der Waals surface area contributed by atoms with E-state index in [1.165, 1.54) is 36.0 Å². The van der Waals surface area contributed by atoms with Gasteiger partial charge in [0.25, 0.3) is 0 Å². The van der Waals surface area contributed by atoms with Crippen molar-refractivity contribution in [3.05, 3.63) is 81.8 Å². The van der Waals surface area contributed by atoms with E-state index >= 15 is 0 Å².